The van der Waals surface area contributed by atoms with Crippen LogP contribution in [0.25, 0.3) is 0 Å². The minimum absolute atomic E-state index is 0.239. The molecule has 1 nitrogen and oxygen atoms in total. The second-order valence-corrected chi connectivity index (χ2v) is 6.29. The third-order valence-corrected chi connectivity index (χ3v) is 5.44. The van der Waals surface area contributed by atoms with Gasteiger partial charge in [0.1, 0.15) is 0 Å². The molecule has 3 saturated carbocycles. The lowest BCUT2D eigenvalue weighted by atomic mass is 9.58. The Kier molecular flexibility index (Phi) is 2.54. The van der Waals surface area contributed by atoms with Gasteiger partial charge in [0.2, 0.25) is 0 Å². The summed E-state index contributed by atoms with van der Waals surface area (Å²) in [4.78, 5) is 0. The van der Waals surface area contributed by atoms with Crippen molar-refractivity contribution in [3.63, 3.8) is 0 Å². The van der Waals surface area contributed by atoms with Crippen LogP contribution < -0.4 is 0 Å². The van der Waals surface area contributed by atoms with Crippen LogP contribution in [0.4, 0.5) is 0 Å². The second kappa shape index (κ2) is 3.76. The highest BCUT2D eigenvalue weighted by Crippen LogP contribution is 2.51. The summed E-state index contributed by atoms with van der Waals surface area (Å²) in [7, 11) is 0. The Morgan fingerprint density at radius 2 is 1.60 bits per heavy atom. The zero-order valence-corrected chi connectivity index (χ0v) is 9.75. The fraction of sp³-hybridized carbons (Fsp3) is 1.00. The smallest absolute Gasteiger partial charge is 0.0678 e. The summed E-state index contributed by atoms with van der Waals surface area (Å²) in [6.45, 7) is 0. The van der Waals surface area contributed by atoms with Crippen LogP contribution in [0, 0.1) is 17.8 Å². The molecule has 0 amide bonds. The van der Waals surface area contributed by atoms with Crippen molar-refractivity contribution in [1.82, 2.24) is 0 Å². The molecule has 0 spiro atoms. The van der Waals surface area contributed by atoms with Crippen molar-refractivity contribution in [3.8, 4) is 0 Å². The minimum Gasteiger partial charge on any atom is -0.390 e. The van der Waals surface area contributed by atoms with Gasteiger partial charge in [-0.3, -0.25) is 0 Å². The molecular weight excluding hydrogens is 184 g/mol. The van der Waals surface area contributed by atoms with E-state index in [4.69, 9.17) is 0 Å². The lowest BCUT2D eigenvalue weighted by Gasteiger charge is -2.51. The van der Waals surface area contributed by atoms with E-state index in [9.17, 15) is 5.11 Å². The van der Waals surface area contributed by atoms with Gasteiger partial charge in [-0.05, 0) is 43.4 Å². The lowest BCUT2D eigenvalue weighted by Crippen LogP contribution is -2.49. The fourth-order valence-electron chi connectivity index (χ4n) is 4.58. The van der Waals surface area contributed by atoms with E-state index < -0.39 is 0 Å². The summed E-state index contributed by atoms with van der Waals surface area (Å²) in [5.41, 5.74) is -0.239. The van der Waals surface area contributed by atoms with E-state index >= 15 is 0 Å². The van der Waals surface area contributed by atoms with Gasteiger partial charge in [-0.2, -0.15) is 0 Å². The van der Waals surface area contributed by atoms with Crippen LogP contribution in [-0.2, 0) is 0 Å². The van der Waals surface area contributed by atoms with Crippen molar-refractivity contribution in [2.45, 2.75) is 69.8 Å². The van der Waals surface area contributed by atoms with E-state index in [-0.39, 0.29) is 5.60 Å². The van der Waals surface area contributed by atoms with Gasteiger partial charge in [0.15, 0.2) is 0 Å². The molecule has 1 heteroatoms. The molecule has 1 N–H and O–H groups in total. The summed E-state index contributed by atoms with van der Waals surface area (Å²) in [6.07, 6.45) is 13.3. The Morgan fingerprint density at radius 3 is 2.47 bits per heavy atom. The molecule has 0 saturated heterocycles. The molecule has 0 bridgehead atoms. The number of aliphatic hydroxyl groups is 1. The highest BCUT2D eigenvalue weighted by molar-refractivity contribution is 4.99. The zero-order chi connectivity index (χ0) is 10.3. The molecule has 0 aromatic carbocycles. The summed E-state index contributed by atoms with van der Waals surface area (Å²) < 4.78 is 0. The van der Waals surface area contributed by atoms with Gasteiger partial charge in [-0.1, -0.05) is 38.5 Å². The second-order valence-electron chi connectivity index (χ2n) is 6.29. The van der Waals surface area contributed by atoms with Crippen LogP contribution in [-0.4, -0.2) is 10.7 Å². The first-order chi connectivity index (χ1) is 7.28. The van der Waals surface area contributed by atoms with Crippen LogP contribution in [0.2, 0.25) is 0 Å². The first-order valence-electron chi connectivity index (χ1n) is 7.00. The quantitative estimate of drug-likeness (QED) is 0.646. The van der Waals surface area contributed by atoms with Crippen LogP contribution in [0.3, 0.4) is 0 Å². The van der Waals surface area contributed by atoms with Crippen molar-refractivity contribution in [3.05, 3.63) is 0 Å². The van der Waals surface area contributed by atoms with Gasteiger partial charge >= 0.3 is 0 Å². The SMILES string of the molecule is O[C@@]12CCCC[C@@H]1C[C@@H]1CCCC[C@@H]1C2. The lowest BCUT2D eigenvalue weighted by molar-refractivity contribution is -0.114. The average Bonchev–Trinajstić information content (AvgIpc) is 2.25. The summed E-state index contributed by atoms with van der Waals surface area (Å²) >= 11 is 0. The molecular formula is C14H24O. The first kappa shape index (κ1) is 10.1. The number of hydrogen-bond donors (Lipinski definition) is 1. The molecule has 3 fully saturated rings. The van der Waals surface area contributed by atoms with Gasteiger partial charge in [0, 0.05) is 0 Å². The molecule has 3 aliphatic rings. The maximum atomic E-state index is 10.7. The van der Waals surface area contributed by atoms with Gasteiger partial charge in [-0.15, -0.1) is 0 Å². The van der Waals surface area contributed by atoms with Crippen molar-refractivity contribution < 1.29 is 5.11 Å². The minimum atomic E-state index is -0.239. The topological polar surface area (TPSA) is 20.2 Å². The highest BCUT2D eigenvalue weighted by Gasteiger charge is 2.47. The maximum Gasteiger partial charge on any atom is 0.0678 e. The molecule has 4 atom stereocenters. The summed E-state index contributed by atoms with van der Waals surface area (Å²) in [5, 5.41) is 10.7. The van der Waals surface area contributed by atoms with Gasteiger partial charge < -0.3 is 5.11 Å². The van der Waals surface area contributed by atoms with Crippen molar-refractivity contribution >= 4 is 0 Å². The normalized spacial score (nSPS) is 50.6. The summed E-state index contributed by atoms with van der Waals surface area (Å²) in [6, 6.07) is 0. The zero-order valence-electron chi connectivity index (χ0n) is 9.75. The van der Waals surface area contributed by atoms with Gasteiger partial charge in [-0.25, -0.2) is 0 Å². The number of hydrogen-bond acceptors (Lipinski definition) is 1. The van der Waals surface area contributed by atoms with E-state index in [1.165, 1.54) is 51.4 Å². The van der Waals surface area contributed by atoms with E-state index in [0.717, 1.165) is 24.7 Å². The molecule has 3 aliphatic carbocycles. The van der Waals surface area contributed by atoms with E-state index in [2.05, 4.69) is 0 Å². The van der Waals surface area contributed by atoms with E-state index in [1.54, 1.807) is 0 Å². The average molecular weight is 208 g/mol. The van der Waals surface area contributed by atoms with Crippen LogP contribution in [0.15, 0.2) is 0 Å². The molecule has 0 radical (unpaired) electrons. The fourth-order valence-corrected chi connectivity index (χ4v) is 4.58. The maximum absolute atomic E-state index is 10.7. The molecule has 0 aromatic rings. The Bertz CT molecular complexity index is 237. The Morgan fingerprint density at radius 1 is 0.867 bits per heavy atom. The summed E-state index contributed by atoms with van der Waals surface area (Å²) in [5.74, 6) is 2.51. The Balaban J connectivity index is 1.76. The molecule has 0 heterocycles. The Hall–Kier alpha value is -0.0400. The van der Waals surface area contributed by atoms with Crippen molar-refractivity contribution in [1.29, 1.82) is 0 Å². The first-order valence-corrected chi connectivity index (χ1v) is 7.00. The molecule has 0 aliphatic heterocycles. The molecule has 3 rings (SSSR count). The van der Waals surface area contributed by atoms with Crippen LogP contribution >= 0.6 is 0 Å². The van der Waals surface area contributed by atoms with Crippen molar-refractivity contribution in [2.24, 2.45) is 17.8 Å². The van der Waals surface area contributed by atoms with E-state index in [0.29, 0.717) is 5.92 Å². The molecule has 0 aromatic heterocycles. The number of fused-ring (bicyclic) bond motifs is 2. The van der Waals surface area contributed by atoms with Gasteiger partial charge in [0.25, 0.3) is 0 Å². The largest absolute Gasteiger partial charge is 0.390 e. The third kappa shape index (κ3) is 1.73. The van der Waals surface area contributed by atoms with Gasteiger partial charge in [0.05, 0.1) is 5.60 Å². The van der Waals surface area contributed by atoms with Crippen LogP contribution in [0.5, 0.6) is 0 Å². The predicted octanol–water partition coefficient (Wildman–Crippen LogP) is 3.51. The Labute approximate surface area is 93.3 Å². The number of rotatable bonds is 0. The third-order valence-electron chi connectivity index (χ3n) is 5.44. The molecule has 15 heavy (non-hydrogen) atoms. The van der Waals surface area contributed by atoms with Crippen LogP contribution in [0.1, 0.15) is 64.2 Å². The highest BCUT2D eigenvalue weighted by atomic mass is 16.3. The predicted molar refractivity (Wildman–Crippen MR) is 61.6 cm³/mol. The molecule has 0 unspecified atom stereocenters. The molecule has 86 valence electrons. The monoisotopic (exact) mass is 208 g/mol. The van der Waals surface area contributed by atoms with Crippen molar-refractivity contribution in [2.75, 3.05) is 0 Å². The van der Waals surface area contributed by atoms with E-state index in [1.807, 2.05) is 0 Å². The standard InChI is InChI=1S/C14H24O/c15-14-8-4-3-7-13(14)9-11-5-1-2-6-12(11)10-14/h11-13,15H,1-10H2/t11-,12+,13+,14+/m0/s1.